The van der Waals surface area contributed by atoms with Crippen LogP contribution in [0, 0.1) is 6.92 Å². The maximum atomic E-state index is 11.9. The van der Waals surface area contributed by atoms with Gasteiger partial charge in [-0.1, -0.05) is 36.4 Å². The SMILES string of the molecule is Cc1ncc(-c2cc3ccc4ccccc4c3o2)cc1C(=O)NN. The van der Waals surface area contributed by atoms with Crippen molar-refractivity contribution in [1.82, 2.24) is 10.4 Å². The van der Waals surface area contributed by atoms with Crippen LogP contribution in [-0.4, -0.2) is 10.9 Å². The molecule has 2 aromatic heterocycles. The van der Waals surface area contributed by atoms with E-state index in [0.29, 0.717) is 17.0 Å². The molecule has 0 radical (unpaired) electrons. The fourth-order valence-corrected chi connectivity index (χ4v) is 2.89. The average molecular weight is 317 g/mol. The smallest absolute Gasteiger partial charge is 0.267 e. The molecule has 118 valence electrons. The standard InChI is InChI=1S/C19H15N3O2/c1-11-16(19(23)22-20)8-14(10-21-11)17-9-13-7-6-12-4-2-3-5-15(12)18(13)24-17/h2-10H,20H2,1H3,(H,22,23). The van der Waals surface area contributed by atoms with Crippen molar-refractivity contribution in [2.24, 2.45) is 5.84 Å². The van der Waals surface area contributed by atoms with Crippen LogP contribution >= 0.6 is 0 Å². The molecular weight excluding hydrogens is 302 g/mol. The zero-order valence-corrected chi connectivity index (χ0v) is 13.0. The molecule has 0 saturated carbocycles. The molecule has 0 atom stereocenters. The third-order valence-corrected chi connectivity index (χ3v) is 4.16. The van der Waals surface area contributed by atoms with Crippen molar-refractivity contribution in [2.75, 3.05) is 0 Å². The van der Waals surface area contributed by atoms with E-state index in [0.717, 1.165) is 27.3 Å². The third-order valence-electron chi connectivity index (χ3n) is 4.16. The van der Waals surface area contributed by atoms with Gasteiger partial charge in [0.2, 0.25) is 0 Å². The van der Waals surface area contributed by atoms with Crippen LogP contribution in [0.25, 0.3) is 33.1 Å². The number of aryl methyl sites for hydroxylation is 1. The van der Waals surface area contributed by atoms with Gasteiger partial charge in [-0.05, 0) is 24.4 Å². The van der Waals surface area contributed by atoms with Crippen molar-refractivity contribution in [3.63, 3.8) is 0 Å². The zero-order chi connectivity index (χ0) is 16.7. The summed E-state index contributed by atoms with van der Waals surface area (Å²) >= 11 is 0. The maximum Gasteiger partial charge on any atom is 0.267 e. The van der Waals surface area contributed by atoms with E-state index in [4.69, 9.17) is 10.3 Å². The van der Waals surface area contributed by atoms with Crippen LogP contribution in [0.1, 0.15) is 16.1 Å². The number of nitrogens with zero attached hydrogens (tertiary/aromatic N) is 1. The highest BCUT2D eigenvalue weighted by molar-refractivity contribution is 6.05. The fraction of sp³-hybridized carbons (Fsp3) is 0.0526. The van der Waals surface area contributed by atoms with E-state index in [-0.39, 0.29) is 5.91 Å². The van der Waals surface area contributed by atoms with E-state index >= 15 is 0 Å². The number of fused-ring (bicyclic) bond motifs is 3. The first kappa shape index (κ1) is 14.4. The molecule has 0 bridgehead atoms. The molecule has 0 aliphatic rings. The van der Waals surface area contributed by atoms with Crippen LogP contribution in [0.4, 0.5) is 0 Å². The van der Waals surface area contributed by atoms with Crippen LogP contribution in [0.3, 0.4) is 0 Å². The van der Waals surface area contributed by atoms with Gasteiger partial charge >= 0.3 is 0 Å². The molecule has 0 spiro atoms. The largest absolute Gasteiger partial charge is 0.455 e. The molecule has 5 nitrogen and oxygen atoms in total. The number of aromatic nitrogens is 1. The predicted molar refractivity (Wildman–Crippen MR) is 93.3 cm³/mol. The minimum Gasteiger partial charge on any atom is -0.455 e. The normalized spacial score (nSPS) is 11.1. The van der Waals surface area contributed by atoms with Crippen LogP contribution < -0.4 is 11.3 Å². The third kappa shape index (κ3) is 2.23. The number of nitrogens with one attached hydrogen (secondary N) is 1. The summed E-state index contributed by atoms with van der Waals surface area (Å²) in [6, 6.07) is 15.9. The van der Waals surface area contributed by atoms with Crippen LogP contribution in [0.5, 0.6) is 0 Å². The number of hydrogen-bond donors (Lipinski definition) is 2. The Balaban J connectivity index is 1.91. The van der Waals surface area contributed by atoms with Gasteiger partial charge in [0.25, 0.3) is 5.91 Å². The van der Waals surface area contributed by atoms with Gasteiger partial charge < -0.3 is 4.42 Å². The van der Waals surface area contributed by atoms with Crippen LogP contribution in [-0.2, 0) is 0 Å². The average Bonchev–Trinajstić information content (AvgIpc) is 3.06. The summed E-state index contributed by atoms with van der Waals surface area (Å²) < 4.78 is 6.07. The van der Waals surface area contributed by atoms with E-state index in [2.05, 4.69) is 16.5 Å². The summed E-state index contributed by atoms with van der Waals surface area (Å²) in [6.07, 6.45) is 1.70. The summed E-state index contributed by atoms with van der Waals surface area (Å²) in [5.41, 5.74) is 4.75. The van der Waals surface area contributed by atoms with Crippen molar-refractivity contribution in [1.29, 1.82) is 0 Å². The van der Waals surface area contributed by atoms with E-state index in [1.807, 2.05) is 36.4 Å². The van der Waals surface area contributed by atoms with Gasteiger partial charge in [0.05, 0.1) is 11.3 Å². The number of furan rings is 1. The van der Waals surface area contributed by atoms with Gasteiger partial charge in [0.1, 0.15) is 11.3 Å². The summed E-state index contributed by atoms with van der Waals surface area (Å²) in [5, 5.41) is 3.19. The number of carbonyl (C=O) groups is 1. The molecule has 24 heavy (non-hydrogen) atoms. The molecule has 2 aromatic carbocycles. The predicted octanol–water partition coefficient (Wildman–Crippen LogP) is 3.56. The zero-order valence-electron chi connectivity index (χ0n) is 13.0. The van der Waals surface area contributed by atoms with Crippen LogP contribution in [0.2, 0.25) is 0 Å². The second kappa shape index (κ2) is 5.47. The molecule has 0 saturated heterocycles. The Hall–Kier alpha value is -3.18. The first-order chi connectivity index (χ1) is 11.7. The molecule has 0 aliphatic heterocycles. The molecule has 1 amide bonds. The van der Waals surface area contributed by atoms with Crippen LogP contribution in [0.15, 0.2) is 59.1 Å². The Kier molecular flexibility index (Phi) is 3.29. The number of benzene rings is 2. The Labute approximate surface area is 138 Å². The highest BCUT2D eigenvalue weighted by Crippen LogP contribution is 2.33. The number of nitrogens with two attached hydrogens (primary N) is 1. The topological polar surface area (TPSA) is 81.2 Å². The molecule has 4 rings (SSSR count). The number of nitrogen functional groups attached to an aromatic ring is 1. The lowest BCUT2D eigenvalue weighted by atomic mass is 10.1. The number of amides is 1. The van der Waals surface area contributed by atoms with E-state index in [1.54, 1.807) is 19.2 Å². The summed E-state index contributed by atoms with van der Waals surface area (Å²) in [7, 11) is 0. The van der Waals surface area contributed by atoms with E-state index in [1.165, 1.54) is 0 Å². The minimum atomic E-state index is -0.372. The van der Waals surface area contributed by atoms with Gasteiger partial charge in [-0.2, -0.15) is 0 Å². The van der Waals surface area contributed by atoms with E-state index < -0.39 is 0 Å². The summed E-state index contributed by atoms with van der Waals surface area (Å²) in [6.45, 7) is 1.76. The van der Waals surface area contributed by atoms with Crippen molar-refractivity contribution in [3.05, 3.63) is 66.0 Å². The van der Waals surface area contributed by atoms with Crippen molar-refractivity contribution < 1.29 is 9.21 Å². The molecule has 0 aliphatic carbocycles. The quantitative estimate of drug-likeness (QED) is 0.336. The van der Waals surface area contributed by atoms with E-state index in [9.17, 15) is 4.79 Å². The first-order valence-corrected chi connectivity index (χ1v) is 7.56. The van der Waals surface area contributed by atoms with Crippen molar-refractivity contribution >= 4 is 27.6 Å². The Morgan fingerprint density at radius 1 is 1.12 bits per heavy atom. The molecular formula is C19H15N3O2. The summed E-state index contributed by atoms with van der Waals surface area (Å²) in [4.78, 5) is 16.1. The lowest BCUT2D eigenvalue weighted by molar-refractivity contribution is 0.0952. The number of hydrogen-bond acceptors (Lipinski definition) is 4. The first-order valence-electron chi connectivity index (χ1n) is 7.56. The van der Waals surface area contributed by atoms with Crippen molar-refractivity contribution in [3.8, 4) is 11.3 Å². The Bertz CT molecular complexity index is 1080. The second-order valence-corrected chi connectivity index (χ2v) is 5.65. The molecule has 5 heteroatoms. The minimum absolute atomic E-state index is 0.372. The number of carbonyl (C=O) groups excluding carboxylic acids is 1. The second-order valence-electron chi connectivity index (χ2n) is 5.65. The maximum absolute atomic E-state index is 11.9. The molecule has 0 fully saturated rings. The van der Waals surface area contributed by atoms with Crippen molar-refractivity contribution in [2.45, 2.75) is 6.92 Å². The Morgan fingerprint density at radius 2 is 1.92 bits per heavy atom. The van der Waals surface area contributed by atoms with Gasteiger partial charge in [0, 0.05) is 22.5 Å². The molecule has 4 aromatic rings. The highest BCUT2D eigenvalue weighted by Gasteiger charge is 2.14. The number of pyridine rings is 1. The van der Waals surface area contributed by atoms with Gasteiger partial charge in [-0.25, -0.2) is 5.84 Å². The van der Waals surface area contributed by atoms with Gasteiger partial charge in [-0.3, -0.25) is 15.2 Å². The molecule has 0 unspecified atom stereocenters. The lowest BCUT2D eigenvalue weighted by Crippen LogP contribution is -2.30. The fourth-order valence-electron chi connectivity index (χ4n) is 2.89. The molecule has 2 heterocycles. The van der Waals surface area contributed by atoms with Gasteiger partial charge in [0.15, 0.2) is 0 Å². The van der Waals surface area contributed by atoms with Gasteiger partial charge in [-0.15, -0.1) is 0 Å². The molecule has 3 N–H and O–H groups in total. The number of rotatable bonds is 2. The highest BCUT2D eigenvalue weighted by atomic mass is 16.3. The lowest BCUT2D eigenvalue weighted by Gasteiger charge is -2.05. The summed E-state index contributed by atoms with van der Waals surface area (Å²) in [5.74, 6) is 5.53. The number of hydrazine groups is 1. The Morgan fingerprint density at radius 3 is 2.75 bits per heavy atom. The monoisotopic (exact) mass is 317 g/mol.